The summed E-state index contributed by atoms with van der Waals surface area (Å²) >= 11 is 6.11. The summed E-state index contributed by atoms with van der Waals surface area (Å²) < 4.78 is 0. The number of nitrogens with one attached hydrogen (secondary N) is 3. The van der Waals surface area contributed by atoms with Gasteiger partial charge in [0, 0.05) is 28.5 Å². The van der Waals surface area contributed by atoms with Crippen LogP contribution in [0.15, 0.2) is 53.7 Å². The van der Waals surface area contributed by atoms with E-state index in [-0.39, 0.29) is 5.69 Å². The molecule has 1 heterocycles. The number of halogens is 1. The van der Waals surface area contributed by atoms with Crippen molar-refractivity contribution in [2.24, 2.45) is 0 Å². The van der Waals surface area contributed by atoms with Crippen LogP contribution in [0.25, 0.3) is 0 Å². The van der Waals surface area contributed by atoms with E-state index < -0.39 is 22.9 Å². The van der Waals surface area contributed by atoms with Gasteiger partial charge in [0.25, 0.3) is 11.6 Å². The van der Waals surface area contributed by atoms with E-state index in [4.69, 9.17) is 11.6 Å². The van der Waals surface area contributed by atoms with Gasteiger partial charge in [-0.1, -0.05) is 17.7 Å². The maximum atomic E-state index is 12.9. The summed E-state index contributed by atoms with van der Waals surface area (Å²) in [5.41, 5.74) is 2.55. The number of non-ortho nitro benzene ring substituents is 1. The van der Waals surface area contributed by atoms with E-state index in [0.29, 0.717) is 27.5 Å². The molecule has 2 aromatic rings. The zero-order valence-corrected chi connectivity index (χ0v) is 15.8. The third-order valence-electron chi connectivity index (χ3n) is 4.38. The van der Waals surface area contributed by atoms with E-state index in [0.717, 1.165) is 5.56 Å². The first kappa shape index (κ1) is 19.4. The van der Waals surface area contributed by atoms with Crippen molar-refractivity contribution >= 4 is 34.9 Å². The lowest BCUT2D eigenvalue weighted by Crippen LogP contribution is -2.45. The molecule has 0 fully saturated rings. The number of allylic oxidation sites excluding steroid dienone is 1. The number of nitro benzene ring substituents is 1. The van der Waals surface area contributed by atoms with Gasteiger partial charge in [-0.25, -0.2) is 4.79 Å². The van der Waals surface area contributed by atoms with Crippen molar-refractivity contribution < 1.29 is 14.5 Å². The van der Waals surface area contributed by atoms with Gasteiger partial charge in [-0.3, -0.25) is 14.9 Å². The van der Waals surface area contributed by atoms with E-state index in [1.54, 1.807) is 25.1 Å². The highest BCUT2D eigenvalue weighted by atomic mass is 35.5. The lowest BCUT2D eigenvalue weighted by atomic mass is 9.94. The minimum atomic E-state index is -0.754. The molecule has 0 radical (unpaired) electrons. The van der Waals surface area contributed by atoms with E-state index in [1.165, 1.54) is 24.3 Å². The van der Waals surface area contributed by atoms with Gasteiger partial charge in [-0.05, 0) is 49.2 Å². The van der Waals surface area contributed by atoms with Crippen LogP contribution in [0.4, 0.5) is 16.2 Å². The predicted molar refractivity (Wildman–Crippen MR) is 105 cm³/mol. The van der Waals surface area contributed by atoms with Crippen LogP contribution in [-0.2, 0) is 4.79 Å². The van der Waals surface area contributed by atoms with Gasteiger partial charge in [-0.15, -0.1) is 0 Å². The molecule has 28 heavy (non-hydrogen) atoms. The number of hydrogen-bond donors (Lipinski definition) is 3. The Labute approximate surface area is 165 Å². The average molecular weight is 401 g/mol. The van der Waals surface area contributed by atoms with Gasteiger partial charge in [0.05, 0.1) is 16.5 Å². The monoisotopic (exact) mass is 400 g/mol. The largest absolute Gasteiger partial charge is 0.327 e. The van der Waals surface area contributed by atoms with Crippen molar-refractivity contribution in [3.8, 4) is 0 Å². The topological polar surface area (TPSA) is 113 Å². The molecule has 0 saturated heterocycles. The Morgan fingerprint density at radius 2 is 1.86 bits per heavy atom. The number of benzene rings is 2. The summed E-state index contributed by atoms with van der Waals surface area (Å²) in [5.74, 6) is -0.423. The molecular weight excluding hydrogens is 384 g/mol. The molecule has 2 aromatic carbocycles. The molecule has 3 rings (SSSR count). The second-order valence-electron chi connectivity index (χ2n) is 6.34. The number of carbonyl (C=O) groups is 2. The summed E-state index contributed by atoms with van der Waals surface area (Å²) in [6.07, 6.45) is 0. The van der Waals surface area contributed by atoms with Crippen LogP contribution in [-0.4, -0.2) is 16.9 Å². The standard InChI is InChI=1S/C19H17ClN4O4/c1-10-3-6-13(9-15(10)20)22-18(25)16-11(2)21-19(26)23-17(16)12-4-7-14(8-5-12)24(27)28/h3-9,17H,1-2H3,(H,22,25)(H2,21,23,26)/t17-/m1/s1. The normalized spacial score (nSPS) is 16.2. The molecule has 0 spiro atoms. The van der Waals surface area contributed by atoms with Gasteiger partial charge in [-0.2, -0.15) is 0 Å². The molecule has 3 N–H and O–H groups in total. The van der Waals surface area contributed by atoms with Crippen LogP contribution in [0.1, 0.15) is 24.1 Å². The predicted octanol–water partition coefficient (Wildman–Crippen LogP) is 3.82. The number of urea groups is 1. The molecule has 0 aliphatic carbocycles. The smallest absolute Gasteiger partial charge is 0.319 e. The van der Waals surface area contributed by atoms with Crippen LogP contribution in [0, 0.1) is 17.0 Å². The fourth-order valence-electron chi connectivity index (χ4n) is 2.90. The number of carbonyl (C=O) groups excluding carboxylic acids is 2. The highest BCUT2D eigenvalue weighted by Crippen LogP contribution is 2.29. The summed E-state index contributed by atoms with van der Waals surface area (Å²) in [4.78, 5) is 35.2. The minimum Gasteiger partial charge on any atom is -0.327 e. The second-order valence-corrected chi connectivity index (χ2v) is 6.74. The highest BCUT2D eigenvalue weighted by molar-refractivity contribution is 6.31. The van der Waals surface area contributed by atoms with E-state index in [9.17, 15) is 19.7 Å². The van der Waals surface area contributed by atoms with Gasteiger partial charge >= 0.3 is 6.03 Å². The SMILES string of the molecule is CC1=C(C(=O)Nc2ccc(C)c(Cl)c2)[C@@H](c2ccc([N+](=O)[O-])cc2)NC(=O)N1. The number of amides is 3. The molecule has 1 aliphatic heterocycles. The first-order valence-electron chi connectivity index (χ1n) is 8.36. The van der Waals surface area contributed by atoms with Crippen LogP contribution >= 0.6 is 11.6 Å². The fraction of sp³-hybridized carbons (Fsp3) is 0.158. The minimum absolute atomic E-state index is 0.0787. The molecule has 3 amide bonds. The van der Waals surface area contributed by atoms with Gasteiger partial charge in [0.15, 0.2) is 0 Å². The van der Waals surface area contributed by atoms with Crippen molar-refractivity contribution in [3.05, 3.63) is 80.0 Å². The molecule has 9 heteroatoms. The van der Waals surface area contributed by atoms with Crippen molar-refractivity contribution in [3.63, 3.8) is 0 Å². The third-order valence-corrected chi connectivity index (χ3v) is 4.79. The number of nitro groups is 1. The lowest BCUT2D eigenvalue weighted by Gasteiger charge is -2.28. The maximum absolute atomic E-state index is 12.9. The first-order chi connectivity index (χ1) is 13.3. The Morgan fingerprint density at radius 1 is 1.18 bits per heavy atom. The zero-order valence-electron chi connectivity index (χ0n) is 15.1. The molecule has 1 aliphatic rings. The quantitative estimate of drug-likeness (QED) is 0.534. The first-order valence-corrected chi connectivity index (χ1v) is 8.74. The lowest BCUT2D eigenvalue weighted by molar-refractivity contribution is -0.384. The van der Waals surface area contributed by atoms with Crippen molar-refractivity contribution in [1.29, 1.82) is 0 Å². The van der Waals surface area contributed by atoms with Crippen LogP contribution < -0.4 is 16.0 Å². The Kier molecular flexibility index (Phi) is 5.32. The number of anilines is 1. The maximum Gasteiger partial charge on any atom is 0.319 e. The average Bonchev–Trinajstić information content (AvgIpc) is 2.64. The van der Waals surface area contributed by atoms with E-state index in [2.05, 4.69) is 16.0 Å². The molecule has 0 unspecified atom stereocenters. The summed E-state index contributed by atoms with van der Waals surface area (Å²) in [5, 5.41) is 19.4. The van der Waals surface area contributed by atoms with Crippen LogP contribution in [0.2, 0.25) is 5.02 Å². The summed E-state index contributed by atoms with van der Waals surface area (Å²) in [6, 6.07) is 9.61. The van der Waals surface area contributed by atoms with Crippen molar-refractivity contribution in [2.45, 2.75) is 19.9 Å². The third kappa shape index (κ3) is 3.96. The summed E-state index contributed by atoms with van der Waals surface area (Å²) in [7, 11) is 0. The van der Waals surface area contributed by atoms with Crippen molar-refractivity contribution in [2.75, 3.05) is 5.32 Å². The van der Waals surface area contributed by atoms with Gasteiger partial charge in [0.2, 0.25) is 0 Å². The molecule has 0 bridgehead atoms. The van der Waals surface area contributed by atoms with Gasteiger partial charge in [0.1, 0.15) is 0 Å². The second kappa shape index (κ2) is 7.69. The number of aryl methyl sites for hydroxylation is 1. The summed E-state index contributed by atoms with van der Waals surface area (Å²) in [6.45, 7) is 3.47. The number of nitrogens with zero attached hydrogens (tertiary/aromatic N) is 1. The van der Waals surface area contributed by atoms with E-state index in [1.807, 2.05) is 6.92 Å². The van der Waals surface area contributed by atoms with Crippen LogP contribution in [0.5, 0.6) is 0 Å². The van der Waals surface area contributed by atoms with Gasteiger partial charge < -0.3 is 16.0 Å². The van der Waals surface area contributed by atoms with Crippen LogP contribution in [0.3, 0.4) is 0 Å². The number of rotatable bonds is 4. The molecule has 1 atom stereocenters. The fourth-order valence-corrected chi connectivity index (χ4v) is 3.08. The molecule has 144 valence electrons. The number of hydrogen-bond acceptors (Lipinski definition) is 4. The molecule has 8 nitrogen and oxygen atoms in total. The molecule has 0 aromatic heterocycles. The molecular formula is C19H17ClN4O4. The Hall–Kier alpha value is -3.39. The van der Waals surface area contributed by atoms with Crippen molar-refractivity contribution in [1.82, 2.24) is 10.6 Å². The zero-order chi connectivity index (χ0) is 20.4. The molecule has 0 saturated carbocycles. The Morgan fingerprint density at radius 3 is 2.46 bits per heavy atom. The Bertz CT molecular complexity index is 1000. The van der Waals surface area contributed by atoms with E-state index >= 15 is 0 Å². The highest BCUT2D eigenvalue weighted by Gasteiger charge is 2.31. The Balaban J connectivity index is 1.93.